The van der Waals surface area contributed by atoms with E-state index in [1.165, 1.54) is 5.56 Å². The normalized spacial score (nSPS) is 11.0. The van der Waals surface area contributed by atoms with Gasteiger partial charge in [-0.15, -0.1) is 0 Å². The van der Waals surface area contributed by atoms with Gasteiger partial charge in [0.1, 0.15) is 5.82 Å². The molecule has 0 bridgehead atoms. The summed E-state index contributed by atoms with van der Waals surface area (Å²) in [6, 6.07) is 30.7. The van der Waals surface area contributed by atoms with Crippen LogP contribution < -0.4 is 5.73 Å². The first kappa shape index (κ1) is 17.2. The molecule has 0 saturated heterocycles. The van der Waals surface area contributed by atoms with Gasteiger partial charge in [0, 0.05) is 18.2 Å². The van der Waals surface area contributed by atoms with E-state index in [1.54, 1.807) is 4.52 Å². The molecule has 4 nitrogen and oxygen atoms in total. The molecule has 2 aromatic heterocycles. The SMILES string of the molecule is Nc1c(-c2ccccc2)cnc2c(-c3ccccc3)c(Cc3ccccc3)nn12. The Labute approximate surface area is 169 Å². The summed E-state index contributed by atoms with van der Waals surface area (Å²) in [5.74, 6) is 0.595. The van der Waals surface area contributed by atoms with Crippen LogP contribution in [-0.4, -0.2) is 14.6 Å². The van der Waals surface area contributed by atoms with E-state index in [0.717, 1.165) is 33.6 Å². The van der Waals surface area contributed by atoms with Gasteiger partial charge in [-0.05, 0) is 16.7 Å². The number of aromatic nitrogens is 3. The van der Waals surface area contributed by atoms with E-state index in [2.05, 4.69) is 24.3 Å². The molecule has 2 heterocycles. The summed E-state index contributed by atoms with van der Waals surface area (Å²) in [7, 11) is 0. The van der Waals surface area contributed by atoms with Crippen LogP contribution in [0.3, 0.4) is 0 Å². The highest BCUT2D eigenvalue weighted by atomic mass is 15.3. The second-order valence-corrected chi connectivity index (χ2v) is 7.01. The van der Waals surface area contributed by atoms with Gasteiger partial charge in [-0.25, -0.2) is 4.98 Å². The lowest BCUT2D eigenvalue weighted by atomic mass is 10.0. The highest BCUT2D eigenvalue weighted by molar-refractivity contribution is 5.84. The van der Waals surface area contributed by atoms with Gasteiger partial charge in [-0.2, -0.15) is 9.61 Å². The molecule has 0 atom stereocenters. The average Bonchev–Trinajstić information content (AvgIpc) is 3.15. The fourth-order valence-electron chi connectivity index (χ4n) is 3.70. The van der Waals surface area contributed by atoms with Crippen molar-refractivity contribution < 1.29 is 0 Å². The van der Waals surface area contributed by atoms with E-state index in [0.29, 0.717) is 12.2 Å². The number of hydrogen-bond donors (Lipinski definition) is 1. The van der Waals surface area contributed by atoms with Crippen molar-refractivity contribution in [1.29, 1.82) is 0 Å². The zero-order chi connectivity index (χ0) is 19.6. The van der Waals surface area contributed by atoms with Crippen LogP contribution in [-0.2, 0) is 6.42 Å². The lowest BCUT2D eigenvalue weighted by Crippen LogP contribution is -2.03. The van der Waals surface area contributed by atoms with Crippen molar-refractivity contribution in [2.24, 2.45) is 0 Å². The minimum absolute atomic E-state index is 0.595. The quantitative estimate of drug-likeness (QED) is 0.467. The molecule has 29 heavy (non-hydrogen) atoms. The van der Waals surface area contributed by atoms with E-state index in [-0.39, 0.29) is 0 Å². The monoisotopic (exact) mass is 376 g/mol. The van der Waals surface area contributed by atoms with Gasteiger partial charge >= 0.3 is 0 Å². The van der Waals surface area contributed by atoms with Crippen LogP contribution in [0.2, 0.25) is 0 Å². The zero-order valence-corrected chi connectivity index (χ0v) is 15.9. The maximum absolute atomic E-state index is 6.57. The molecule has 0 aliphatic rings. The number of nitrogens with zero attached hydrogens (tertiary/aromatic N) is 3. The summed E-state index contributed by atoms with van der Waals surface area (Å²) in [4.78, 5) is 4.78. The largest absolute Gasteiger partial charge is 0.383 e. The first-order valence-electron chi connectivity index (χ1n) is 9.62. The fraction of sp³-hybridized carbons (Fsp3) is 0.0400. The third kappa shape index (κ3) is 3.15. The van der Waals surface area contributed by atoms with Gasteiger partial charge in [0.05, 0.1) is 11.3 Å². The molecule has 0 aliphatic carbocycles. The molecule has 0 aliphatic heterocycles. The Hall–Kier alpha value is -3.92. The molecule has 0 fully saturated rings. The van der Waals surface area contributed by atoms with Crippen LogP contribution in [0, 0.1) is 0 Å². The molecule has 0 amide bonds. The smallest absolute Gasteiger partial charge is 0.165 e. The summed E-state index contributed by atoms with van der Waals surface area (Å²) in [6.07, 6.45) is 2.56. The molecule has 0 radical (unpaired) electrons. The number of fused-ring (bicyclic) bond motifs is 1. The summed E-state index contributed by atoms with van der Waals surface area (Å²) in [5, 5.41) is 4.90. The standard InChI is InChI=1S/C25H20N4/c26-24-21(19-12-6-2-7-13-19)17-27-25-23(20-14-8-3-9-15-20)22(28-29(24)25)16-18-10-4-1-5-11-18/h1-15,17H,16,26H2. The molecule has 2 N–H and O–H groups in total. The first-order valence-corrected chi connectivity index (χ1v) is 9.62. The van der Waals surface area contributed by atoms with Crippen LogP contribution in [0.15, 0.2) is 97.2 Å². The van der Waals surface area contributed by atoms with Gasteiger partial charge in [-0.3, -0.25) is 0 Å². The Morgan fingerprint density at radius 2 is 1.31 bits per heavy atom. The van der Waals surface area contributed by atoms with E-state index in [9.17, 15) is 0 Å². The topological polar surface area (TPSA) is 56.2 Å². The van der Waals surface area contributed by atoms with Gasteiger partial charge in [0.2, 0.25) is 0 Å². The van der Waals surface area contributed by atoms with Crippen molar-refractivity contribution in [2.45, 2.75) is 6.42 Å². The summed E-state index contributed by atoms with van der Waals surface area (Å²) >= 11 is 0. The molecular weight excluding hydrogens is 356 g/mol. The van der Waals surface area contributed by atoms with Crippen LogP contribution in [0.25, 0.3) is 27.9 Å². The Bertz CT molecular complexity index is 1260. The van der Waals surface area contributed by atoms with Crippen molar-refractivity contribution in [2.75, 3.05) is 5.73 Å². The summed E-state index contributed by atoms with van der Waals surface area (Å²) in [6.45, 7) is 0. The Balaban J connectivity index is 1.73. The molecular formula is C25H20N4. The van der Waals surface area contributed by atoms with Crippen molar-refractivity contribution in [1.82, 2.24) is 14.6 Å². The van der Waals surface area contributed by atoms with Crippen LogP contribution in [0.1, 0.15) is 11.3 Å². The van der Waals surface area contributed by atoms with E-state index in [1.807, 2.05) is 72.9 Å². The van der Waals surface area contributed by atoms with E-state index < -0.39 is 0 Å². The van der Waals surface area contributed by atoms with Crippen molar-refractivity contribution >= 4 is 11.5 Å². The Morgan fingerprint density at radius 3 is 1.97 bits per heavy atom. The third-order valence-electron chi connectivity index (χ3n) is 5.12. The number of benzene rings is 3. The second kappa shape index (κ2) is 7.24. The Kier molecular flexibility index (Phi) is 4.30. The molecule has 5 aromatic rings. The number of rotatable bonds is 4. The van der Waals surface area contributed by atoms with Crippen LogP contribution >= 0.6 is 0 Å². The van der Waals surface area contributed by atoms with Gasteiger partial charge in [0.15, 0.2) is 5.65 Å². The van der Waals surface area contributed by atoms with Crippen LogP contribution in [0.4, 0.5) is 5.82 Å². The van der Waals surface area contributed by atoms with E-state index >= 15 is 0 Å². The van der Waals surface area contributed by atoms with Gasteiger partial charge < -0.3 is 5.73 Å². The maximum Gasteiger partial charge on any atom is 0.165 e. The zero-order valence-electron chi connectivity index (χ0n) is 15.9. The predicted octanol–water partition coefficient (Wildman–Crippen LogP) is 5.24. The average molecular weight is 376 g/mol. The number of nitrogens with two attached hydrogens (primary N) is 1. The van der Waals surface area contributed by atoms with Crippen molar-refractivity contribution in [3.63, 3.8) is 0 Å². The molecule has 4 heteroatoms. The predicted molar refractivity (Wildman–Crippen MR) is 118 cm³/mol. The highest BCUT2D eigenvalue weighted by Crippen LogP contribution is 2.33. The maximum atomic E-state index is 6.57. The van der Waals surface area contributed by atoms with Gasteiger partial charge in [0.25, 0.3) is 0 Å². The molecule has 0 unspecified atom stereocenters. The lowest BCUT2D eigenvalue weighted by molar-refractivity contribution is 0.908. The number of hydrogen-bond acceptors (Lipinski definition) is 3. The van der Waals surface area contributed by atoms with Crippen molar-refractivity contribution in [3.05, 3.63) is 108 Å². The van der Waals surface area contributed by atoms with E-state index in [4.69, 9.17) is 15.8 Å². The molecule has 3 aromatic carbocycles. The second-order valence-electron chi connectivity index (χ2n) is 7.01. The minimum atomic E-state index is 0.595. The molecule has 140 valence electrons. The number of anilines is 1. The van der Waals surface area contributed by atoms with Crippen molar-refractivity contribution in [3.8, 4) is 22.3 Å². The van der Waals surface area contributed by atoms with Gasteiger partial charge in [-0.1, -0.05) is 91.0 Å². The summed E-state index contributed by atoms with van der Waals surface area (Å²) in [5.41, 5.74) is 13.5. The first-order chi connectivity index (χ1) is 14.3. The molecule has 5 rings (SSSR count). The third-order valence-corrected chi connectivity index (χ3v) is 5.12. The Morgan fingerprint density at radius 1 is 0.724 bits per heavy atom. The molecule has 0 saturated carbocycles. The fourth-order valence-corrected chi connectivity index (χ4v) is 3.70. The lowest BCUT2D eigenvalue weighted by Gasteiger charge is -2.07. The van der Waals surface area contributed by atoms with Crippen LogP contribution in [0.5, 0.6) is 0 Å². The number of nitrogen functional groups attached to an aromatic ring is 1. The minimum Gasteiger partial charge on any atom is -0.383 e. The highest BCUT2D eigenvalue weighted by Gasteiger charge is 2.19. The summed E-state index contributed by atoms with van der Waals surface area (Å²) < 4.78 is 1.78. The molecule has 0 spiro atoms.